The number of unbranched alkanes of at least 4 members (excludes halogenated alkanes) is 2. The van der Waals surface area contributed by atoms with Gasteiger partial charge in [-0.1, -0.05) is 12.8 Å². The normalized spacial score (nSPS) is 22.8. The van der Waals surface area contributed by atoms with Crippen LogP contribution in [0.1, 0.15) is 52.9 Å². The van der Waals surface area contributed by atoms with Crippen molar-refractivity contribution in [3.8, 4) is 0 Å². The highest BCUT2D eigenvalue weighted by Gasteiger charge is 2.26. The fraction of sp³-hybridized carbons (Fsp3) is 0.846. The molecule has 1 rings (SSSR count). The maximum atomic E-state index is 11.4. The molecule has 0 aromatic carbocycles. The van der Waals surface area contributed by atoms with Crippen LogP contribution in [0.25, 0.3) is 0 Å². The lowest BCUT2D eigenvalue weighted by atomic mass is 10.0. The molecule has 1 aliphatic heterocycles. The third-order valence-electron chi connectivity index (χ3n) is 3.15. The van der Waals surface area contributed by atoms with Gasteiger partial charge in [-0.15, -0.1) is 0 Å². The smallest absolute Gasteiger partial charge is 0.315 e. The molecule has 0 aromatic rings. The van der Waals surface area contributed by atoms with E-state index in [4.69, 9.17) is 0 Å². The van der Waals surface area contributed by atoms with E-state index in [1.165, 1.54) is 0 Å². The lowest BCUT2D eigenvalue weighted by molar-refractivity contribution is -0.121. The summed E-state index contributed by atoms with van der Waals surface area (Å²) >= 11 is 0. The highest BCUT2D eigenvalue weighted by atomic mass is 16.2. The molecule has 3 N–H and O–H groups in total. The summed E-state index contributed by atoms with van der Waals surface area (Å²) in [5.41, 5.74) is 0. The Morgan fingerprint density at radius 3 is 2.56 bits per heavy atom. The van der Waals surface area contributed by atoms with E-state index < -0.39 is 0 Å². The van der Waals surface area contributed by atoms with Gasteiger partial charge in [0.1, 0.15) is 0 Å². The van der Waals surface area contributed by atoms with Crippen molar-refractivity contribution in [2.75, 3.05) is 0 Å². The predicted octanol–water partition coefficient (Wildman–Crippen LogP) is 1.53. The van der Waals surface area contributed by atoms with Gasteiger partial charge in [-0.05, 0) is 33.6 Å². The van der Waals surface area contributed by atoms with Gasteiger partial charge in [0.2, 0.25) is 5.91 Å². The second kappa shape index (κ2) is 7.24. The quantitative estimate of drug-likeness (QED) is 0.604. The molecule has 1 heterocycles. The monoisotopic (exact) mass is 255 g/mol. The lowest BCUT2D eigenvalue weighted by Gasteiger charge is -2.13. The number of rotatable bonds is 7. The first-order valence-corrected chi connectivity index (χ1v) is 6.85. The van der Waals surface area contributed by atoms with Crippen molar-refractivity contribution < 1.29 is 9.59 Å². The van der Waals surface area contributed by atoms with E-state index in [9.17, 15) is 9.59 Å². The van der Waals surface area contributed by atoms with Crippen molar-refractivity contribution >= 4 is 11.9 Å². The Labute approximate surface area is 109 Å². The Kier molecular flexibility index (Phi) is 5.95. The first-order chi connectivity index (χ1) is 8.49. The molecule has 0 unspecified atom stereocenters. The zero-order valence-electron chi connectivity index (χ0n) is 11.6. The van der Waals surface area contributed by atoms with Crippen LogP contribution in [0.3, 0.4) is 0 Å². The van der Waals surface area contributed by atoms with Gasteiger partial charge in [-0.3, -0.25) is 4.79 Å². The van der Waals surface area contributed by atoms with Crippen molar-refractivity contribution in [1.82, 2.24) is 16.0 Å². The summed E-state index contributed by atoms with van der Waals surface area (Å²) in [6.45, 7) is 5.95. The Bertz CT molecular complexity index is 292. The molecule has 2 atom stereocenters. The Morgan fingerprint density at radius 2 is 2.00 bits per heavy atom. The minimum Gasteiger partial charge on any atom is -0.354 e. The summed E-state index contributed by atoms with van der Waals surface area (Å²) in [6.07, 6.45) is 4.58. The third-order valence-corrected chi connectivity index (χ3v) is 3.15. The van der Waals surface area contributed by atoms with Crippen LogP contribution in [0, 0.1) is 0 Å². The van der Waals surface area contributed by atoms with Crippen LogP contribution in [0.5, 0.6) is 0 Å². The van der Waals surface area contributed by atoms with Crippen molar-refractivity contribution in [3.05, 3.63) is 0 Å². The SMILES string of the molecule is CC(C)NC(=O)CCCCC[C@H]1NC(=O)N[C@H]1C. The molecule has 5 nitrogen and oxygen atoms in total. The molecule has 1 aliphatic rings. The first-order valence-electron chi connectivity index (χ1n) is 6.85. The highest BCUT2D eigenvalue weighted by molar-refractivity contribution is 5.77. The van der Waals surface area contributed by atoms with Crippen molar-refractivity contribution in [2.24, 2.45) is 0 Å². The predicted molar refractivity (Wildman–Crippen MR) is 71.3 cm³/mol. The molecule has 0 bridgehead atoms. The van der Waals surface area contributed by atoms with E-state index in [1.54, 1.807) is 0 Å². The van der Waals surface area contributed by atoms with Crippen molar-refractivity contribution in [3.63, 3.8) is 0 Å². The second-order valence-corrected chi connectivity index (χ2v) is 5.33. The summed E-state index contributed by atoms with van der Waals surface area (Å²) in [7, 11) is 0. The van der Waals surface area contributed by atoms with E-state index >= 15 is 0 Å². The van der Waals surface area contributed by atoms with E-state index in [0.717, 1.165) is 25.7 Å². The molecule has 3 amide bonds. The molecule has 0 aliphatic carbocycles. The minimum absolute atomic E-state index is 0.0659. The van der Waals surface area contributed by atoms with Crippen LogP contribution in [0.15, 0.2) is 0 Å². The Balaban J connectivity index is 2.02. The van der Waals surface area contributed by atoms with Gasteiger partial charge in [-0.2, -0.15) is 0 Å². The van der Waals surface area contributed by atoms with Crippen molar-refractivity contribution in [1.29, 1.82) is 0 Å². The topological polar surface area (TPSA) is 70.2 Å². The molecule has 0 radical (unpaired) electrons. The molecule has 0 saturated carbocycles. The maximum Gasteiger partial charge on any atom is 0.315 e. The van der Waals surface area contributed by atoms with Gasteiger partial charge >= 0.3 is 6.03 Å². The lowest BCUT2D eigenvalue weighted by Crippen LogP contribution is -2.30. The average Bonchev–Trinajstić information content (AvgIpc) is 2.56. The summed E-state index contributed by atoms with van der Waals surface area (Å²) in [6, 6.07) is 0.602. The fourth-order valence-electron chi connectivity index (χ4n) is 2.19. The van der Waals surface area contributed by atoms with E-state index in [-0.39, 0.29) is 30.1 Å². The van der Waals surface area contributed by atoms with E-state index in [2.05, 4.69) is 16.0 Å². The second-order valence-electron chi connectivity index (χ2n) is 5.33. The summed E-state index contributed by atoms with van der Waals surface area (Å²) in [5.74, 6) is 0.134. The molecule has 18 heavy (non-hydrogen) atoms. The first kappa shape index (κ1) is 14.8. The number of urea groups is 1. The maximum absolute atomic E-state index is 11.4. The van der Waals surface area contributed by atoms with Crippen LogP contribution in [-0.2, 0) is 4.79 Å². The Morgan fingerprint density at radius 1 is 1.28 bits per heavy atom. The zero-order chi connectivity index (χ0) is 13.5. The number of amides is 3. The van der Waals surface area contributed by atoms with Gasteiger partial charge in [0, 0.05) is 18.5 Å². The standard InChI is InChI=1S/C13H25N3O2/c1-9(2)14-12(17)8-6-4-5-7-11-10(3)15-13(18)16-11/h9-11H,4-8H2,1-3H3,(H,14,17)(H2,15,16,18)/t10-,11+/m0/s1. The van der Waals surface area contributed by atoms with Crippen LogP contribution in [-0.4, -0.2) is 30.1 Å². The largest absolute Gasteiger partial charge is 0.354 e. The fourth-order valence-corrected chi connectivity index (χ4v) is 2.19. The zero-order valence-corrected chi connectivity index (χ0v) is 11.6. The van der Waals surface area contributed by atoms with Crippen LogP contribution < -0.4 is 16.0 Å². The number of nitrogens with one attached hydrogen (secondary N) is 3. The summed E-state index contributed by atoms with van der Waals surface area (Å²) in [5, 5.41) is 8.62. The van der Waals surface area contributed by atoms with E-state index in [1.807, 2.05) is 20.8 Å². The number of carbonyl (C=O) groups excluding carboxylic acids is 2. The van der Waals surface area contributed by atoms with E-state index in [0.29, 0.717) is 6.42 Å². The van der Waals surface area contributed by atoms with Gasteiger partial charge in [0.05, 0.1) is 6.04 Å². The average molecular weight is 255 g/mol. The number of hydrogen-bond acceptors (Lipinski definition) is 2. The summed E-state index contributed by atoms with van der Waals surface area (Å²) in [4.78, 5) is 22.5. The number of hydrogen-bond donors (Lipinski definition) is 3. The molecule has 104 valence electrons. The molecule has 0 spiro atoms. The van der Waals surface area contributed by atoms with Crippen LogP contribution in [0.4, 0.5) is 4.79 Å². The number of carbonyl (C=O) groups is 2. The molecule has 1 saturated heterocycles. The van der Waals surface area contributed by atoms with Gasteiger partial charge < -0.3 is 16.0 Å². The summed E-state index contributed by atoms with van der Waals surface area (Å²) < 4.78 is 0. The van der Waals surface area contributed by atoms with Crippen molar-refractivity contribution in [2.45, 2.75) is 71.0 Å². The molecule has 5 heteroatoms. The van der Waals surface area contributed by atoms with Gasteiger partial charge in [-0.25, -0.2) is 4.79 Å². The minimum atomic E-state index is -0.0659. The Hall–Kier alpha value is -1.26. The molecular weight excluding hydrogens is 230 g/mol. The van der Waals surface area contributed by atoms with Gasteiger partial charge in [0.15, 0.2) is 0 Å². The molecule has 1 fully saturated rings. The third kappa shape index (κ3) is 5.38. The molecule has 0 aromatic heterocycles. The van der Waals surface area contributed by atoms with Gasteiger partial charge in [0.25, 0.3) is 0 Å². The highest BCUT2D eigenvalue weighted by Crippen LogP contribution is 2.11. The van der Waals surface area contributed by atoms with Crippen LogP contribution in [0.2, 0.25) is 0 Å². The molecular formula is C13H25N3O2. The van der Waals surface area contributed by atoms with Crippen LogP contribution >= 0.6 is 0 Å².